The summed E-state index contributed by atoms with van der Waals surface area (Å²) in [6, 6.07) is 3.25. The predicted octanol–water partition coefficient (Wildman–Crippen LogP) is 0.862. The number of anilines is 1. The van der Waals surface area contributed by atoms with Crippen molar-refractivity contribution in [2.45, 2.75) is 0 Å². The van der Waals surface area contributed by atoms with Crippen LogP contribution < -0.4 is 11.1 Å². The molecule has 0 spiro atoms. The number of nitrogens with one attached hydrogen (secondary N) is 1. The van der Waals surface area contributed by atoms with Crippen LogP contribution in [0, 0.1) is 11.6 Å². The van der Waals surface area contributed by atoms with Gasteiger partial charge in [-0.05, 0) is 12.1 Å². The third-order valence-corrected chi connectivity index (χ3v) is 1.39. The standard InChI is InChI=1S/C8H8F2N2O/c9-6-2-1-5(3-7(6)10)12-4-8(11)13/h1-3,12H,4H2,(H2,11,13). The Morgan fingerprint density at radius 1 is 1.38 bits per heavy atom. The first-order chi connectivity index (χ1) is 6.09. The summed E-state index contributed by atoms with van der Waals surface area (Å²) in [7, 11) is 0. The zero-order valence-corrected chi connectivity index (χ0v) is 6.68. The van der Waals surface area contributed by atoms with Crippen molar-refractivity contribution in [3.63, 3.8) is 0 Å². The van der Waals surface area contributed by atoms with E-state index in [1.807, 2.05) is 0 Å². The van der Waals surface area contributed by atoms with Gasteiger partial charge in [-0.25, -0.2) is 8.78 Å². The van der Waals surface area contributed by atoms with E-state index >= 15 is 0 Å². The van der Waals surface area contributed by atoms with E-state index in [-0.39, 0.29) is 6.54 Å². The molecule has 1 amide bonds. The molecular formula is C8H8F2N2O. The SMILES string of the molecule is NC(=O)CNc1ccc(F)c(F)c1. The Morgan fingerprint density at radius 3 is 2.62 bits per heavy atom. The van der Waals surface area contributed by atoms with Gasteiger partial charge in [-0.2, -0.15) is 0 Å². The molecule has 1 aromatic carbocycles. The lowest BCUT2D eigenvalue weighted by Crippen LogP contribution is -2.21. The van der Waals surface area contributed by atoms with E-state index in [0.29, 0.717) is 5.69 Å². The molecule has 0 saturated heterocycles. The predicted molar refractivity (Wildman–Crippen MR) is 44.0 cm³/mol. The Morgan fingerprint density at radius 2 is 2.08 bits per heavy atom. The second kappa shape index (κ2) is 3.84. The second-order valence-electron chi connectivity index (χ2n) is 2.45. The van der Waals surface area contributed by atoms with Gasteiger partial charge in [-0.15, -0.1) is 0 Å². The molecule has 0 aliphatic heterocycles. The van der Waals surface area contributed by atoms with Crippen LogP contribution in [0.1, 0.15) is 0 Å². The number of carbonyl (C=O) groups excluding carboxylic acids is 1. The molecule has 0 heterocycles. The number of hydrogen-bond acceptors (Lipinski definition) is 2. The topological polar surface area (TPSA) is 55.1 Å². The summed E-state index contributed by atoms with van der Waals surface area (Å²) in [4.78, 5) is 10.3. The fourth-order valence-corrected chi connectivity index (χ4v) is 0.795. The van der Waals surface area contributed by atoms with E-state index in [4.69, 9.17) is 5.73 Å². The van der Waals surface area contributed by atoms with Gasteiger partial charge in [0.2, 0.25) is 5.91 Å². The molecular weight excluding hydrogens is 178 g/mol. The summed E-state index contributed by atoms with van der Waals surface area (Å²) >= 11 is 0. The molecule has 0 aromatic heterocycles. The monoisotopic (exact) mass is 186 g/mol. The minimum absolute atomic E-state index is 0.106. The van der Waals surface area contributed by atoms with Crippen LogP contribution in [-0.4, -0.2) is 12.5 Å². The summed E-state index contributed by atoms with van der Waals surface area (Å²) in [5.41, 5.74) is 5.16. The molecule has 5 heteroatoms. The van der Waals surface area contributed by atoms with Gasteiger partial charge in [0.05, 0.1) is 6.54 Å². The van der Waals surface area contributed by atoms with E-state index in [2.05, 4.69) is 5.32 Å². The third-order valence-electron chi connectivity index (χ3n) is 1.39. The van der Waals surface area contributed by atoms with Gasteiger partial charge in [0.25, 0.3) is 0 Å². The van der Waals surface area contributed by atoms with Crippen molar-refractivity contribution in [2.75, 3.05) is 11.9 Å². The fourth-order valence-electron chi connectivity index (χ4n) is 0.795. The first kappa shape index (κ1) is 9.44. The number of rotatable bonds is 3. The number of benzene rings is 1. The molecule has 0 aliphatic carbocycles. The Labute approximate surface area is 73.5 Å². The average molecular weight is 186 g/mol. The molecule has 0 atom stereocenters. The smallest absolute Gasteiger partial charge is 0.236 e. The number of carbonyl (C=O) groups is 1. The van der Waals surface area contributed by atoms with Crippen LogP contribution in [0.25, 0.3) is 0 Å². The summed E-state index contributed by atoms with van der Waals surface area (Å²) < 4.78 is 25.0. The van der Waals surface area contributed by atoms with Crippen LogP contribution >= 0.6 is 0 Å². The highest BCUT2D eigenvalue weighted by Crippen LogP contribution is 2.12. The largest absolute Gasteiger partial charge is 0.376 e. The lowest BCUT2D eigenvalue weighted by molar-refractivity contribution is -0.116. The number of halogens is 2. The number of primary amides is 1. The summed E-state index contributed by atoms with van der Waals surface area (Å²) in [6.45, 7) is -0.106. The van der Waals surface area contributed by atoms with Crippen molar-refractivity contribution in [2.24, 2.45) is 5.73 Å². The second-order valence-corrected chi connectivity index (χ2v) is 2.45. The quantitative estimate of drug-likeness (QED) is 0.735. The van der Waals surface area contributed by atoms with Gasteiger partial charge in [0.15, 0.2) is 11.6 Å². The molecule has 13 heavy (non-hydrogen) atoms. The molecule has 1 rings (SSSR count). The van der Waals surface area contributed by atoms with Crippen molar-refractivity contribution in [1.82, 2.24) is 0 Å². The lowest BCUT2D eigenvalue weighted by Gasteiger charge is -2.03. The average Bonchev–Trinajstić information content (AvgIpc) is 2.07. The molecule has 0 radical (unpaired) electrons. The zero-order chi connectivity index (χ0) is 9.84. The summed E-state index contributed by atoms with van der Waals surface area (Å²) in [6.07, 6.45) is 0. The highest BCUT2D eigenvalue weighted by molar-refractivity contribution is 5.78. The van der Waals surface area contributed by atoms with Gasteiger partial charge in [-0.3, -0.25) is 4.79 Å². The van der Waals surface area contributed by atoms with Crippen molar-refractivity contribution < 1.29 is 13.6 Å². The molecule has 0 aliphatic rings. The fraction of sp³-hybridized carbons (Fsp3) is 0.125. The van der Waals surface area contributed by atoms with Gasteiger partial charge in [-0.1, -0.05) is 0 Å². The summed E-state index contributed by atoms with van der Waals surface area (Å²) in [5.74, 6) is -2.45. The number of nitrogens with two attached hydrogens (primary N) is 1. The maximum atomic E-state index is 12.6. The maximum Gasteiger partial charge on any atom is 0.236 e. The molecule has 0 unspecified atom stereocenters. The first-order valence-electron chi connectivity index (χ1n) is 3.57. The van der Waals surface area contributed by atoms with Gasteiger partial charge in [0, 0.05) is 11.8 Å². The minimum Gasteiger partial charge on any atom is -0.376 e. The van der Waals surface area contributed by atoms with E-state index in [9.17, 15) is 13.6 Å². The highest BCUT2D eigenvalue weighted by Gasteiger charge is 2.02. The summed E-state index contributed by atoms with van der Waals surface area (Å²) in [5, 5.41) is 2.53. The van der Waals surface area contributed by atoms with Crippen molar-refractivity contribution in [3.05, 3.63) is 29.8 Å². The molecule has 0 bridgehead atoms. The Kier molecular flexibility index (Phi) is 2.79. The molecule has 70 valence electrons. The van der Waals surface area contributed by atoms with E-state index in [1.54, 1.807) is 0 Å². The van der Waals surface area contributed by atoms with Gasteiger partial charge in [0.1, 0.15) is 0 Å². The van der Waals surface area contributed by atoms with Crippen molar-refractivity contribution in [3.8, 4) is 0 Å². The maximum absolute atomic E-state index is 12.6. The van der Waals surface area contributed by atoms with Crippen molar-refractivity contribution in [1.29, 1.82) is 0 Å². The van der Waals surface area contributed by atoms with Crippen LogP contribution in [0.3, 0.4) is 0 Å². The van der Waals surface area contributed by atoms with Gasteiger partial charge >= 0.3 is 0 Å². The number of hydrogen-bond donors (Lipinski definition) is 2. The highest BCUT2D eigenvalue weighted by atomic mass is 19.2. The molecule has 3 nitrogen and oxygen atoms in total. The van der Waals surface area contributed by atoms with Crippen LogP contribution in [0.5, 0.6) is 0 Å². The van der Waals surface area contributed by atoms with E-state index < -0.39 is 17.5 Å². The Hall–Kier alpha value is -1.65. The Bertz CT molecular complexity index is 328. The molecule has 3 N–H and O–H groups in total. The normalized spacial score (nSPS) is 9.69. The van der Waals surface area contributed by atoms with Crippen LogP contribution in [0.2, 0.25) is 0 Å². The lowest BCUT2D eigenvalue weighted by atomic mass is 10.3. The van der Waals surface area contributed by atoms with Crippen LogP contribution in [0.15, 0.2) is 18.2 Å². The van der Waals surface area contributed by atoms with E-state index in [1.165, 1.54) is 6.07 Å². The van der Waals surface area contributed by atoms with Crippen LogP contribution in [-0.2, 0) is 4.79 Å². The molecule has 0 fully saturated rings. The molecule has 0 saturated carbocycles. The van der Waals surface area contributed by atoms with Gasteiger partial charge < -0.3 is 11.1 Å². The third kappa shape index (κ3) is 2.70. The minimum atomic E-state index is -0.963. The molecule has 1 aromatic rings. The van der Waals surface area contributed by atoms with E-state index in [0.717, 1.165) is 12.1 Å². The van der Waals surface area contributed by atoms with Crippen LogP contribution in [0.4, 0.5) is 14.5 Å². The Balaban J connectivity index is 2.68. The van der Waals surface area contributed by atoms with Crippen molar-refractivity contribution >= 4 is 11.6 Å². The number of amides is 1. The first-order valence-corrected chi connectivity index (χ1v) is 3.57. The zero-order valence-electron chi connectivity index (χ0n) is 6.68.